The third-order valence-electron chi connectivity index (χ3n) is 3.17. The second kappa shape index (κ2) is 5.61. The van der Waals surface area contributed by atoms with Crippen LogP contribution in [0.4, 0.5) is 4.79 Å². The molecule has 0 spiro atoms. The number of barbiturate groups is 1. The molecule has 112 valence electrons. The zero-order valence-electron chi connectivity index (χ0n) is 11.6. The van der Waals surface area contributed by atoms with Gasteiger partial charge in [0, 0.05) is 5.56 Å². The monoisotopic (exact) mass is 307 g/mol. The van der Waals surface area contributed by atoms with Crippen LogP contribution in [0.2, 0.25) is 0 Å². The van der Waals surface area contributed by atoms with Gasteiger partial charge in [-0.2, -0.15) is 5.26 Å². The van der Waals surface area contributed by atoms with Crippen molar-refractivity contribution in [1.82, 2.24) is 10.6 Å². The van der Waals surface area contributed by atoms with Crippen molar-refractivity contribution in [2.45, 2.75) is 0 Å². The van der Waals surface area contributed by atoms with Gasteiger partial charge in [-0.25, -0.2) is 4.79 Å². The fourth-order valence-corrected chi connectivity index (χ4v) is 2.12. The van der Waals surface area contributed by atoms with Gasteiger partial charge in [0.1, 0.15) is 17.1 Å². The Balaban J connectivity index is 1.95. The Bertz CT molecular complexity index is 880. The summed E-state index contributed by atoms with van der Waals surface area (Å²) in [6.45, 7) is 0. The van der Waals surface area contributed by atoms with Crippen LogP contribution < -0.4 is 10.6 Å². The Kier molecular flexibility index (Phi) is 3.49. The number of nitrogens with one attached hydrogen (secondary N) is 2. The normalized spacial score (nSPS) is 14.0. The molecule has 4 amide bonds. The predicted molar refractivity (Wildman–Crippen MR) is 78.5 cm³/mol. The van der Waals surface area contributed by atoms with Crippen LogP contribution in [-0.4, -0.2) is 17.8 Å². The fourth-order valence-electron chi connectivity index (χ4n) is 2.12. The van der Waals surface area contributed by atoms with Crippen LogP contribution >= 0.6 is 0 Å². The van der Waals surface area contributed by atoms with E-state index >= 15 is 0 Å². The molecule has 1 aromatic heterocycles. The predicted octanol–water partition coefficient (Wildman–Crippen LogP) is 1.57. The maximum atomic E-state index is 11.7. The molecule has 1 aromatic carbocycles. The number of nitriles is 1. The summed E-state index contributed by atoms with van der Waals surface area (Å²) in [5, 5.41) is 13.0. The Labute approximate surface area is 130 Å². The van der Waals surface area contributed by atoms with E-state index in [9.17, 15) is 14.4 Å². The summed E-state index contributed by atoms with van der Waals surface area (Å²) in [7, 11) is 0. The van der Waals surface area contributed by atoms with Gasteiger partial charge in [0.05, 0.1) is 11.6 Å². The number of imide groups is 2. The molecule has 3 rings (SSSR count). The lowest BCUT2D eigenvalue weighted by atomic mass is 10.1. The van der Waals surface area contributed by atoms with Crippen molar-refractivity contribution in [1.29, 1.82) is 5.26 Å². The van der Waals surface area contributed by atoms with E-state index in [0.29, 0.717) is 16.9 Å². The molecule has 7 heteroatoms. The topological polar surface area (TPSA) is 112 Å². The standard InChI is InChI=1S/C16H9N3O4/c17-8-9-3-1-2-4-11(9)13-6-5-10(23-13)7-12-14(20)18-16(22)19-15(12)21/h1-7H,(H2,18,19,20,21,22). The van der Waals surface area contributed by atoms with Gasteiger partial charge in [-0.1, -0.05) is 12.1 Å². The molecule has 2 aromatic rings. The molecule has 23 heavy (non-hydrogen) atoms. The van der Waals surface area contributed by atoms with Crippen molar-refractivity contribution in [2.75, 3.05) is 0 Å². The Morgan fingerprint density at radius 1 is 1.00 bits per heavy atom. The SMILES string of the molecule is N#Cc1ccccc1-c1ccc(C=C2C(=O)NC(=O)NC2=O)o1. The van der Waals surface area contributed by atoms with Gasteiger partial charge in [0.25, 0.3) is 11.8 Å². The molecule has 2 heterocycles. The van der Waals surface area contributed by atoms with Gasteiger partial charge in [-0.15, -0.1) is 0 Å². The molecule has 1 fully saturated rings. The lowest BCUT2D eigenvalue weighted by Gasteiger charge is -2.13. The number of furan rings is 1. The second-order valence-electron chi connectivity index (χ2n) is 4.65. The smallest absolute Gasteiger partial charge is 0.328 e. The summed E-state index contributed by atoms with van der Waals surface area (Å²) in [4.78, 5) is 34.3. The Hall–Kier alpha value is -3.66. The summed E-state index contributed by atoms with van der Waals surface area (Å²) >= 11 is 0. The molecule has 2 N–H and O–H groups in total. The fraction of sp³-hybridized carbons (Fsp3) is 0. The molecule has 0 bridgehead atoms. The number of nitrogens with zero attached hydrogens (tertiary/aromatic N) is 1. The van der Waals surface area contributed by atoms with Crippen molar-refractivity contribution in [3.05, 3.63) is 53.3 Å². The highest BCUT2D eigenvalue weighted by molar-refractivity contribution is 6.31. The molecular weight excluding hydrogens is 298 g/mol. The Morgan fingerprint density at radius 2 is 1.70 bits per heavy atom. The van der Waals surface area contributed by atoms with Crippen LogP contribution in [0.25, 0.3) is 17.4 Å². The summed E-state index contributed by atoms with van der Waals surface area (Å²) in [5.74, 6) is -0.910. The molecule has 0 radical (unpaired) electrons. The Morgan fingerprint density at radius 3 is 2.39 bits per heavy atom. The molecule has 0 unspecified atom stereocenters. The van der Waals surface area contributed by atoms with Crippen molar-refractivity contribution in [3.8, 4) is 17.4 Å². The van der Waals surface area contributed by atoms with Crippen LogP contribution in [0.1, 0.15) is 11.3 Å². The summed E-state index contributed by atoms with van der Waals surface area (Å²) in [6, 6.07) is 11.3. The van der Waals surface area contributed by atoms with Crippen LogP contribution in [0.5, 0.6) is 0 Å². The highest BCUT2D eigenvalue weighted by Crippen LogP contribution is 2.26. The molecule has 0 atom stereocenters. The van der Waals surface area contributed by atoms with Crippen molar-refractivity contribution >= 4 is 23.9 Å². The lowest BCUT2D eigenvalue weighted by molar-refractivity contribution is -0.123. The van der Waals surface area contributed by atoms with Crippen LogP contribution in [0.3, 0.4) is 0 Å². The minimum absolute atomic E-state index is 0.237. The first kappa shape index (κ1) is 14.3. The first-order chi connectivity index (χ1) is 11.1. The minimum atomic E-state index is -0.861. The van der Waals surface area contributed by atoms with E-state index < -0.39 is 17.8 Å². The number of urea groups is 1. The van der Waals surface area contributed by atoms with Crippen LogP contribution in [-0.2, 0) is 9.59 Å². The van der Waals surface area contributed by atoms with E-state index in [1.807, 2.05) is 10.6 Å². The van der Waals surface area contributed by atoms with Crippen molar-refractivity contribution < 1.29 is 18.8 Å². The molecule has 1 aliphatic rings. The first-order valence-corrected chi connectivity index (χ1v) is 6.56. The number of hydrogen-bond donors (Lipinski definition) is 2. The van der Waals surface area contributed by atoms with Crippen molar-refractivity contribution in [3.63, 3.8) is 0 Å². The van der Waals surface area contributed by atoms with Gasteiger partial charge in [0.15, 0.2) is 0 Å². The maximum Gasteiger partial charge on any atom is 0.328 e. The van der Waals surface area contributed by atoms with Gasteiger partial charge in [-0.05, 0) is 30.3 Å². The molecule has 1 saturated heterocycles. The van der Waals surface area contributed by atoms with E-state index in [2.05, 4.69) is 6.07 Å². The summed E-state index contributed by atoms with van der Waals surface area (Å²) in [5.41, 5.74) is 0.811. The lowest BCUT2D eigenvalue weighted by Crippen LogP contribution is -2.51. The largest absolute Gasteiger partial charge is 0.457 e. The van der Waals surface area contributed by atoms with E-state index in [1.165, 1.54) is 6.08 Å². The highest BCUT2D eigenvalue weighted by atomic mass is 16.3. The average Bonchev–Trinajstić information content (AvgIpc) is 2.99. The van der Waals surface area contributed by atoms with Gasteiger partial charge in [-0.3, -0.25) is 20.2 Å². The third kappa shape index (κ3) is 2.73. The zero-order chi connectivity index (χ0) is 16.4. The summed E-state index contributed by atoms with van der Waals surface area (Å²) in [6.07, 6.45) is 1.23. The quantitative estimate of drug-likeness (QED) is 0.646. The number of hydrogen-bond acceptors (Lipinski definition) is 5. The number of amides is 4. The average molecular weight is 307 g/mol. The number of benzene rings is 1. The van der Waals surface area contributed by atoms with Crippen molar-refractivity contribution in [2.24, 2.45) is 0 Å². The number of rotatable bonds is 2. The maximum absolute atomic E-state index is 11.7. The van der Waals surface area contributed by atoms with Gasteiger partial charge >= 0.3 is 6.03 Å². The van der Waals surface area contributed by atoms with Crippen LogP contribution in [0.15, 0.2) is 46.4 Å². The molecule has 7 nitrogen and oxygen atoms in total. The molecular formula is C16H9N3O4. The van der Waals surface area contributed by atoms with Gasteiger partial charge < -0.3 is 4.42 Å². The van der Waals surface area contributed by atoms with Crippen LogP contribution in [0, 0.1) is 11.3 Å². The molecule has 0 aliphatic carbocycles. The number of carbonyl (C=O) groups is 3. The first-order valence-electron chi connectivity index (χ1n) is 6.56. The van der Waals surface area contributed by atoms with E-state index in [1.54, 1.807) is 36.4 Å². The minimum Gasteiger partial charge on any atom is -0.457 e. The zero-order valence-corrected chi connectivity index (χ0v) is 11.6. The third-order valence-corrected chi connectivity index (χ3v) is 3.17. The van der Waals surface area contributed by atoms with E-state index in [-0.39, 0.29) is 11.3 Å². The van der Waals surface area contributed by atoms with Gasteiger partial charge in [0.2, 0.25) is 0 Å². The number of carbonyl (C=O) groups excluding carboxylic acids is 3. The summed E-state index contributed by atoms with van der Waals surface area (Å²) < 4.78 is 5.57. The van der Waals surface area contributed by atoms with E-state index in [4.69, 9.17) is 9.68 Å². The molecule has 0 saturated carbocycles. The second-order valence-corrected chi connectivity index (χ2v) is 4.65. The highest BCUT2D eigenvalue weighted by Gasteiger charge is 2.28. The molecule has 1 aliphatic heterocycles. The van der Waals surface area contributed by atoms with E-state index in [0.717, 1.165) is 0 Å².